The minimum absolute atomic E-state index is 0.505. The summed E-state index contributed by atoms with van der Waals surface area (Å²) in [5.74, 6) is 0.839. The number of rotatable bonds is 6. The van der Waals surface area contributed by atoms with Crippen LogP contribution in [0.5, 0.6) is 5.75 Å². The molecule has 3 aromatic rings. The number of ether oxygens (including phenoxy) is 1. The van der Waals surface area contributed by atoms with E-state index in [1.54, 1.807) is 6.20 Å². The third-order valence-electron chi connectivity index (χ3n) is 3.54. The van der Waals surface area contributed by atoms with Crippen molar-refractivity contribution in [1.82, 2.24) is 4.98 Å². The number of hydrogen-bond donors (Lipinski definition) is 1. The maximum absolute atomic E-state index is 9.47. The third kappa shape index (κ3) is 4.62. The van der Waals surface area contributed by atoms with Gasteiger partial charge in [-0.15, -0.1) is 11.3 Å². The van der Waals surface area contributed by atoms with Crippen molar-refractivity contribution in [2.45, 2.75) is 6.92 Å². The number of nitriles is 1. The van der Waals surface area contributed by atoms with Crippen LogP contribution in [-0.4, -0.2) is 11.6 Å². The van der Waals surface area contributed by atoms with Crippen molar-refractivity contribution < 1.29 is 4.74 Å². The van der Waals surface area contributed by atoms with Crippen molar-refractivity contribution in [1.29, 1.82) is 5.26 Å². The fraction of sp³-hybridized carbons (Fsp3) is 0.100. The summed E-state index contributed by atoms with van der Waals surface area (Å²) in [5.41, 5.74) is 3.29. The number of anilines is 1. The molecule has 4 nitrogen and oxygen atoms in total. The van der Waals surface area contributed by atoms with Crippen LogP contribution >= 0.6 is 33.9 Å². The predicted octanol–water partition coefficient (Wildman–Crippen LogP) is 5.79. The lowest BCUT2D eigenvalue weighted by molar-refractivity contribution is 0.340. The smallest absolute Gasteiger partial charge is 0.136 e. The summed E-state index contributed by atoms with van der Waals surface area (Å²) >= 11 is 3.71. The standard InChI is InChI=1S/C20H16IN3OS/c1-2-25-18-9-3-14(4-10-18)19-13-26-20(24-19)15(11-22)12-23-17-7-5-16(21)6-8-17/h3-10,12-13,23H,2H2,1H3/b15-12+. The van der Waals surface area contributed by atoms with Crippen molar-refractivity contribution in [3.63, 3.8) is 0 Å². The molecule has 0 aliphatic rings. The Balaban J connectivity index is 1.77. The highest BCUT2D eigenvalue weighted by Crippen LogP contribution is 2.27. The maximum atomic E-state index is 9.47. The molecule has 0 radical (unpaired) electrons. The first-order valence-electron chi connectivity index (χ1n) is 8.01. The van der Waals surface area contributed by atoms with Gasteiger partial charge >= 0.3 is 0 Å². The molecule has 26 heavy (non-hydrogen) atoms. The minimum atomic E-state index is 0.505. The van der Waals surface area contributed by atoms with E-state index in [9.17, 15) is 5.26 Å². The summed E-state index contributed by atoms with van der Waals surface area (Å²) in [6.45, 7) is 2.60. The van der Waals surface area contributed by atoms with Crippen LogP contribution in [0.3, 0.4) is 0 Å². The van der Waals surface area contributed by atoms with Gasteiger partial charge in [0.2, 0.25) is 0 Å². The van der Waals surface area contributed by atoms with Gasteiger partial charge in [0.05, 0.1) is 12.3 Å². The number of halogens is 1. The summed E-state index contributed by atoms with van der Waals surface area (Å²) in [6.07, 6.45) is 1.70. The lowest BCUT2D eigenvalue weighted by Gasteiger charge is -2.03. The topological polar surface area (TPSA) is 57.9 Å². The number of benzene rings is 2. The van der Waals surface area contributed by atoms with Gasteiger partial charge in [-0.05, 0) is 78.0 Å². The molecule has 0 saturated heterocycles. The number of allylic oxidation sites excluding steroid dienone is 1. The zero-order chi connectivity index (χ0) is 18.4. The summed E-state index contributed by atoms with van der Waals surface area (Å²) in [4.78, 5) is 4.60. The molecule has 130 valence electrons. The molecular weight excluding hydrogens is 457 g/mol. The van der Waals surface area contributed by atoms with E-state index in [4.69, 9.17) is 4.74 Å². The molecule has 1 N–H and O–H groups in total. The van der Waals surface area contributed by atoms with Gasteiger partial charge in [0.25, 0.3) is 0 Å². The van der Waals surface area contributed by atoms with Gasteiger partial charge in [-0.3, -0.25) is 0 Å². The lowest BCUT2D eigenvalue weighted by Crippen LogP contribution is -1.91. The molecular formula is C20H16IN3OS. The van der Waals surface area contributed by atoms with Gasteiger partial charge in [-0.1, -0.05) is 0 Å². The van der Waals surface area contributed by atoms with E-state index in [1.807, 2.05) is 60.8 Å². The Morgan fingerprint density at radius 3 is 2.62 bits per heavy atom. The molecule has 1 aromatic heterocycles. The molecule has 0 atom stereocenters. The van der Waals surface area contributed by atoms with Crippen molar-refractivity contribution in [2.24, 2.45) is 0 Å². The molecule has 2 aromatic carbocycles. The molecule has 0 aliphatic heterocycles. The second-order valence-corrected chi connectivity index (χ2v) is 7.42. The second-order valence-electron chi connectivity index (χ2n) is 5.32. The van der Waals surface area contributed by atoms with Gasteiger partial charge in [-0.2, -0.15) is 5.26 Å². The van der Waals surface area contributed by atoms with E-state index in [-0.39, 0.29) is 0 Å². The fourth-order valence-corrected chi connectivity index (χ4v) is 3.42. The first-order chi connectivity index (χ1) is 12.7. The minimum Gasteiger partial charge on any atom is -0.494 e. The molecule has 0 saturated carbocycles. The van der Waals surface area contributed by atoms with Crippen LogP contribution in [0.2, 0.25) is 0 Å². The highest BCUT2D eigenvalue weighted by molar-refractivity contribution is 14.1. The summed E-state index contributed by atoms with van der Waals surface area (Å²) in [6, 6.07) is 18.0. The largest absolute Gasteiger partial charge is 0.494 e. The number of hydrogen-bond acceptors (Lipinski definition) is 5. The van der Waals surface area contributed by atoms with Crippen LogP contribution in [0.25, 0.3) is 16.8 Å². The van der Waals surface area contributed by atoms with Crippen LogP contribution in [0.15, 0.2) is 60.1 Å². The Morgan fingerprint density at radius 1 is 1.23 bits per heavy atom. The third-order valence-corrected chi connectivity index (χ3v) is 5.14. The van der Waals surface area contributed by atoms with Crippen molar-refractivity contribution in [3.05, 3.63) is 68.7 Å². The molecule has 0 bridgehead atoms. The molecule has 3 rings (SSSR count). The number of nitrogens with zero attached hydrogens (tertiary/aromatic N) is 2. The molecule has 0 amide bonds. The van der Waals surface area contributed by atoms with Gasteiger partial charge < -0.3 is 10.1 Å². The Labute approximate surface area is 170 Å². The van der Waals surface area contributed by atoms with Gasteiger partial charge in [0.1, 0.15) is 22.4 Å². The maximum Gasteiger partial charge on any atom is 0.136 e. The first-order valence-corrected chi connectivity index (χ1v) is 9.97. The zero-order valence-electron chi connectivity index (χ0n) is 14.1. The van der Waals surface area contributed by atoms with E-state index in [1.165, 1.54) is 11.3 Å². The van der Waals surface area contributed by atoms with Crippen LogP contribution < -0.4 is 10.1 Å². The Kier molecular flexibility index (Phi) is 6.26. The van der Waals surface area contributed by atoms with E-state index in [0.29, 0.717) is 17.2 Å². The quantitative estimate of drug-likeness (QED) is 0.364. The second kappa shape index (κ2) is 8.83. The van der Waals surface area contributed by atoms with Gasteiger partial charge in [-0.25, -0.2) is 4.98 Å². The molecule has 0 spiro atoms. The van der Waals surface area contributed by atoms with E-state index < -0.39 is 0 Å². The Hall–Kier alpha value is -2.37. The SMILES string of the molecule is CCOc1ccc(-c2csc(/C(C#N)=C/Nc3ccc(I)cc3)n2)cc1. The van der Waals surface area contributed by atoms with Crippen LogP contribution in [0.1, 0.15) is 11.9 Å². The molecule has 1 heterocycles. The average Bonchev–Trinajstić information content (AvgIpc) is 3.15. The number of aromatic nitrogens is 1. The average molecular weight is 473 g/mol. The molecule has 0 unspecified atom stereocenters. The molecule has 0 aliphatic carbocycles. The normalized spacial score (nSPS) is 11.0. The van der Waals surface area contributed by atoms with Crippen LogP contribution in [-0.2, 0) is 0 Å². The first kappa shape index (κ1) is 18.4. The van der Waals surface area contributed by atoms with Crippen molar-refractivity contribution >= 4 is 45.2 Å². The van der Waals surface area contributed by atoms with Crippen molar-refractivity contribution in [2.75, 3.05) is 11.9 Å². The van der Waals surface area contributed by atoms with E-state index in [2.05, 4.69) is 39.0 Å². The number of nitrogens with one attached hydrogen (secondary N) is 1. The van der Waals surface area contributed by atoms with E-state index >= 15 is 0 Å². The monoisotopic (exact) mass is 473 g/mol. The number of thiazole rings is 1. The summed E-state index contributed by atoms with van der Waals surface area (Å²) in [7, 11) is 0. The Morgan fingerprint density at radius 2 is 1.96 bits per heavy atom. The van der Waals surface area contributed by atoms with Gasteiger partial charge in [0.15, 0.2) is 0 Å². The molecule has 0 fully saturated rings. The lowest BCUT2D eigenvalue weighted by atomic mass is 10.2. The van der Waals surface area contributed by atoms with Crippen LogP contribution in [0.4, 0.5) is 5.69 Å². The highest BCUT2D eigenvalue weighted by atomic mass is 127. The molecule has 6 heteroatoms. The van der Waals surface area contributed by atoms with Crippen molar-refractivity contribution in [3.8, 4) is 23.1 Å². The predicted molar refractivity (Wildman–Crippen MR) is 115 cm³/mol. The summed E-state index contributed by atoms with van der Waals surface area (Å²) < 4.78 is 6.62. The van der Waals surface area contributed by atoms with Crippen LogP contribution in [0, 0.1) is 14.9 Å². The fourth-order valence-electron chi connectivity index (χ4n) is 2.26. The van der Waals surface area contributed by atoms with Gasteiger partial charge in [0, 0.05) is 26.4 Å². The van der Waals surface area contributed by atoms with E-state index in [0.717, 1.165) is 26.3 Å². The summed E-state index contributed by atoms with van der Waals surface area (Å²) in [5, 5.41) is 15.3. The Bertz CT molecular complexity index is 940. The highest BCUT2D eigenvalue weighted by Gasteiger charge is 2.09. The zero-order valence-corrected chi connectivity index (χ0v) is 17.0.